The zero-order valence-corrected chi connectivity index (χ0v) is 23.7. The maximum Gasteiger partial charge on any atom is 0.265 e. The zero-order valence-electron chi connectivity index (χ0n) is 22.1. The number of hydrogen-bond donors (Lipinski definition) is 2. The van der Waals surface area contributed by atoms with Gasteiger partial charge in [0.2, 0.25) is 0 Å². The Balaban J connectivity index is 1.48. The maximum atomic E-state index is 14.5. The summed E-state index contributed by atoms with van der Waals surface area (Å²) < 4.78 is 92.2. The Hall–Kier alpha value is -4.74. The van der Waals surface area contributed by atoms with Gasteiger partial charge in [-0.3, -0.25) is 9.44 Å². The normalized spacial score (nSPS) is 11.6. The lowest BCUT2D eigenvalue weighted by molar-refractivity contribution is 0.402. The molecule has 11 heteroatoms. The Morgan fingerprint density at radius 2 is 1.02 bits per heavy atom. The lowest BCUT2D eigenvalue weighted by Gasteiger charge is -2.15. The lowest BCUT2D eigenvalue weighted by atomic mass is 10.1. The van der Waals surface area contributed by atoms with E-state index >= 15 is 0 Å². The molecule has 0 saturated carbocycles. The van der Waals surface area contributed by atoms with Crippen LogP contribution < -0.4 is 14.2 Å². The van der Waals surface area contributed by atoms with E-state index in [4.69, 9.17) is 4.74 Å². The minimum Gasteiger partial charge on any atom is -0.495 e. The van der Waals surface area contributed by atoms with E-state index in [0.29, 0.717) is 22.3 Å². The molecule has 0 aliphatic heterocycles. The average molecular weight is 607 g/mol. The summed E-state index contributed by atoms with van der Waals surface area (Å²) in [6, 6.07) is 28.4. The van der Waals surface area contributed by atoms with Crippen molar-refractivity contribution < 1.29 is 30.4 Å². The molecule has 0 aliphatic carbocycles. The molecule has 0 radical (unpaired) electrons. The molecule has 0 unspecified atom stereocenters. The van der Waals surface area contributed by atoms with Crippen LogP contribution in [0.4, 0.5) is 20.2 Å². The van der Waals surface area contributed by atoms with Gasteiger partial charge in [0, 0.05) is 0 Å². The van der Waals surface area contributed by atoms with Gasteiger partial charge in [0.25, 0.3) is 20.0 Å². The molecule has 0 atom stereocenters. The molecule has 0 fully saturated rings. The second-order valence-electron chi connectivity index (χ2n) is 9.21. The van der Waals surface area contributed by atoms with Gasteiger partial charge >= 0.3 is 0 Å². The minimum atomic E-state index is -4.47. The molecule has 5 aromatic rings. The van der Waals surface area contributed by atoms with Crippen molar-refractivity contribution >= 4 is 31.4 Å². The highest BCUT2D eigenvalue weighted by Crippen LogP contribution is 2.32. The van der Waals surface area contributed by atoms with Crippen LogP contribution in [0.25, 0.3) is 22.3 Å². The maximum absolute atomic E-state index is 14.5. The molecule has 0 amide bonds. The van der Waals surface area contributed by atoms with Gasteiger partial charge in [0.15, 0.2) is 0 Å². The molecule has 2 N–H and O–H groups in total. The van der Waals surface area contributed by atoms with Crippen molar-refractivity contribution in [1.29, 1.82) is 0 Å². The predicted octanol–water partition coefficient (Wildman–Crippen LogP) is 6.91. The molecular weight excluding hydrogens is 582 g/mol. The van der Waals surface area contributed by atoms with E-state index in [9.17, 15) is 25.6 Å². The second kappa shape index (κ2) is 11.6. The summed E-state index contributed by atoms with van der Waals surface area (Å²) in [5.74, 6) is -1.48. The fourth-order valence-corrected chi connectivity index (χ4v) is 6.73. The monoisotopic (exact) mass is 606 g/mol. The van der Waals surface area contributed by atoms with Gasteiger partial charge in [-0.1, -0.05) is 60.7 Å². The summed E-state index contributed by atoms with van der Waals surface area (Å²) >= 11 is 0. The lowest BCUT2D eigenvalue weighted by Crippen LogP contribution is -2.17. The van der Waals surface area contributed by atoms with E-state index in [-0.39, 0.29) is 17.1 Å². The van der Waals surface area contributed by atoms with Gasteiger partial charge < -0.3 is 4.74 Å². The third kappa shape index (κ3) is 6.42. The van der Waals surface area contributed by atoms with Crippen LogP contribution >= 0.6 is 0 Å². The van der Waals surface area contributed by atoms with E-state index < -0.39 is 41.5 Å². The Kier molecular flexibility index (Phi) is 7.97. The number of methoxy groups -OCH3 is 1. The third-order valence-corrected chi connectivity index (χ3v) is 9.03. The highest BCUT2D eigenvalue weighted by atomic mass is 32.2. The molecule has 42 heavy (non-hydrogen) atoms. The second-order valence-corrected chi connectivity index (χ2v) is 12.5. The van der Waals surface area contributed by atoms with Crippen molar-refractivity contribution in [3.05, 3.63) is 127 Å². The molecule has 0 heterocycles. The zero-order chi connectivity index (χ0) is 29.9. The van der Waals surface area contributed by atoms with E-state index in [1.54, 1.807) is 60.7 Å². The first-order chi connectivity index (χ1) is 20.0. The molecule has 0 saturated heterocycles. The summed E-state index contributed by atoms with van der Waals surface area (Å²) in [6.45, 7) is 0. The van der Waals surface area contributed by atoms with Crippen molar-refractivity contribution in [2.45, 2.75) is 9.79 Å². The van der Waals surface area contributed by atoms with Crippen molar-refractivity contribution in [3.8, 4) is 28.0 Å². The summed E-state index contributed by atoms with van der Waals surface area (Å²) in [4.78, 5) is -0.916. The molecule has 5 rings (SSSR count). The topological polar surface area (TPSA) is 102 Å². The Labute approximate surface area is 242 Å². The SMILES string of the molecule is COc1ccc(S(=O)(=O)Nc2cc(F)cc(-c3ccccc3)c2)cc1S(=O)(=O)Nc1cc(F)cc(-c2ccccc2)c1. The summed E-state index contributed by atoms with van der Waals surface area (Å²) in [5, 5.41) is 0. The van der Waals surface area contributed by atoms with Crippen LogP contribution in [0.15, 0.2) is 125 Å². The number of sulfonamides is 2. The van der Waals surface area contributed by atoms with Gasteiger partial charge in [-0.2, -0.15) is 0 Å². The van der Waals surface area contributed by atoms with Crippen molar-refractivity contribution in [3.63, 3.8) is 0 Å². The fourth-order valence-electron chi connectivity index (χ4n) is 4.35. The molecular formula is C31H24F2N2O5S2. The largest absolute Gasteiger partial charge is 0.495 e. The van der Waals surface area contributed by atoms with Crippen molar-refractivity contribution in [2.24, 2.45) is 0 Å². The predicted molar refractivity (Wildman–Crippen MR) is 158 cm³/mol. The molecule has 214 valence electrons. The number of benzene rings is 5. The number of anilines is 2. The highest BCUT2D eigenvalue weighted by Gasteiger charge is 2.25. The number of halogens is 2. The number of rotatable bonds is 9. The first kappa shape index (κ1) is 28.8. The quantitative estimate of drug-likeness (QED) is 0.190. The summed E-state index contributed by atoms with van der Waals surface area (Å²) in [7, 11) is -7.62. The van der Waals surface area contributed by atoms with Gasteiger partial charge in [-0.05, 0) is 76.9 Å². The molecule has 0 spiro atoms. The molecule has 0 aromatic heterocycles. The average Bonchev–Trinajstić information content (AvgIpc) is 2.96. The van der Waals surface area contributed by atoms with Crippen LogP contribution in [-0.4, -0.2) is 23.9 Å². The third-order valence-electron chi connectivity index (χ3n) is 6.25. The highest BCUT2D eigenvalue weighted by molar-refractivity contribution is 7.93. The van der Waals surface area contributed by atoms with E-state index in [0.717, 1.165) is 24.3 Å². The molecule has 7 nitrogen and oxygen atoms in total. The van der Waals surface area contributed by atoms with E-state index in [2.05, 4.69) is 9.44 Å². The van der Waals surface area contributed by atoms with Crippen LogP contribution in [0.1, 0.15) is 0 Å². The van der Waals surface area contributed by atoms with Crippen LogP contribution in [-0.2, 0) is 20.0 Å². The molecule has 0 aliphatic rings. The van der Waals surface area contributed by atoms with Gasteiger partial charge in [0.1, 0.15) is 22.3 Å². The van der Waals surface area contributed by atoms with Crippen LogP contribution in [0.2, 0.25) is 0 Å². The number of nitrogens with one attached hydrogen (secondary N) is 2. The van der Waals surface area contributed by atoms with Crippen molar-refractivity contribution in [2.75, 3.05) is 16.6 Å². The van der Waals surface area contributed by atoms with E-state index in [1.165, 1.54) is 37.4 Å². The molecule has 5 aromatic carbocycles. The first-order valence-electron chi connectivity index (χ1n) is 12.5. The van der Waals surface area contributed by atoms with E-state index in [1.807, 2.05) is 0 Å². The van der Waals surface area contributed by atoms with Crippen LogP contribution in [0.5, 0.6) is 5.75 Å². The van der Waals surface area contributed by atoms with Crippen LogP contribution in [0.3, 0.4) is 0 Å². The minimum absolute atomic E-state index is 0.0552. The van der Waals surface area contributed by atoms with Gasteiger partial charge in [-0.25, -0.2) is 25.6 Å². The summed E-state index contributed by atoms with van der Waals surface area (Å²) in [6.07, 6.45) is 0. The summed E-state index contributed by atoms with van der Waals surface area (Å²) in [5.41, 5.74) is 2.10. The number of ether oxygens (including phenoxy) is 1. The first-order valence-corrected chi connectivity index (χ1v) is 15.5. The Bertz CT molecular complexity index is 1970. The van der Waals surface area contributed by atoms with Gasteiger partial charge in [-0.15, -0.1) is 0 Å². The fraction of sp³-hybridized carbons (Fsp3) is 0.0323. The smallest absolute Gasteiger partial charge is 0.265 e. The van der Waals surface area contributed by atoms with Gasteiger partial charge in [0.05, 0.1) is 23.4 Å². The molecule has 0 bridgehead atoms. The van der Waals surface area contributed by atoms with Crippen molar-refractivity contribution in [1.82, 2.24) is 0 Å². The van der Waals surface area contributed by atoms with Crippen LogP contribution in [0, 0.1) is 11.6 Å². The Morgan fingerprint density at radius 3 is 1.50 bits per heavy atom. The Morgan fingerprint density at radius 1 is 0.548 bits per heavy atom. The standard InChI is InChI=1S/C31H24F2N2O5S2/c1-40-30-13-12-29(41(36,37)34-27-16-23(14-25(32)18-27)21-8-4-2-5-9-21)20-31(30)42(38,39)35-28-17-24(15-26(33)19-28)22-10-6-3-7-11-22/h2-20,34-35H,1H3. The number of hydrogen-bond acceptors (Lipinski definition) is 5.